The monoisotopic (exact) mass is 236 g/mol. The minimum Gasteiger partial charge on any atom is -0.342 e. The lowest BCUT2D eigenvalue weighted by Crippen LogP contribution is -2.19. The Morgan fingerprint density at radius 3 is 3.06 bits per heavy atom. The van der Waals surface area contributed by atoms with Crippen molar-refractivity contribution in [1.29, 1.82) is 0 Å². The fraction of sp³-hybridized carbons (Fsp3) is 0.200. The fourth-order valence-electron chi connectivity index (χ4n) is 1.48. The average molecular weight is 236 g/mol. The Morgan fingerprint density at radius 1 is 1.59 bits per heavy atom. The van der Waals surface area contributed by atoms with E-state index < -0.39 is 10.9 Å². The SMILES string of the molecule is O=[N+]([O-])C=C1N=CCN1Cc1ccc(F)nc1. The van der Waals surface area contributed by atoms with E-state index in [2.05, 4.69) is 9.98 Å². The van der Waals surface area contributed by atoms with Crippen LogP contribution >= 0.6 is 0 Å². The predicted molar refractivity (Wildman–Crippen MR) is 58.2 cm³/mol. The summed E-state index contributed by atoms with van der Waals surface area (Å²) < 4.78 is 12.6. The van der Waals surface area contributed by atoms with Gasteiger partial charge in [-0.15, -0.1) is 0 Å². The van der Waals surface area contributed by atoms with E-state index in [0.29, 0.717) is 18.9 Å². The summed E-state index contributed by atoms with van der Waals surface area (Å²) in [4.78, 5) is 18.9. The Hall–Kier alpha value is -2.31. The number of nitrogens with zero attached hydrogens (tertiary/aromatic N) is 4. The van der Waals surface area contributed by atoms with E-state index in [1.165, 1.54) is 12.3 Å². The molecule has 0 aliphatic carbocycles. The van der Waals surface area contributed by atoms with Crippen LogP contribution < -0.4 is 0 Å². The van der Waals surface area contributed by atoms with Crippen LogP contribution in [0.3, 0.4) is 0 Å². The first-order valence-corrected chi connectivity index (χ1v) is 4.88. The summed E-state index contributed by atoms with van der Waals surface area (Å²) in [7, 11) is 0. The van der Waals surface area contributed by atoms with E-state index in [0.717, 1.165) is 11.8 Å². The maximum absolute atomic E-state index is 12.6. The van der Waals surface area contributed by atoms with E-state index in [9.17, 15) is 14.5 Å². The summed E-state index contributed by atoms with van der Waals surface area (Å²) in [5.41, 5.74) is 0.770. The van der Waals surface area contributed by atoms with Gasteiger partial charge in [0, 0.05) is 19.0 Å². The van der Waals surface area contributed by atoms with Gasteiger partial charge in [0.05, 0.1) is 11.5 Å². The molecule has 0 atom stereocenters. The Labute approximate surface area is 96.3 Å². The molecule has 2 heterocycles. The molecule has 0 N–H and O–H groups in total. The first kappa shape index (κ1) is 11.2. The maximum Gasteiger partial charge on any atom is 0.276 e. The second-order valence-electron chi connectivity index (χ2n) is 3.45. The van der Waals surface area contributed by atoms with Gasteiger partial charge < -0.3 is 4.90 Å². The fourth-order valence-corrected chi connectivity index (χ4v) is 1.48. The standard InChI is InChI=1S/C10H9FN4O2/c11-9-2-1-8(5-13-9)6-14-4-3-12-10(14)7-15(16)17/h1-3,5,7H,4,6H2. The molecule has 0 fully saturated rings. The number of halogens is 1. The Bertz CT molecular complexity index is 484. The van der Waals surface area contributed by atoms with Gasteiger partial charge in [0.15, 0.2) is 5.82 Å². The van der Waals surface area contributed by atoms with Crippen LogP contribution in [0.25, 0.3) is 0 Å². The zero-order valence-electron chi connectivity index (χ0n) is 8.78. The molecule has 0 amide bonds. The minimum absolute atomic E-state index is 0.291. The largest absolute Gasteiger partial charge is 0.342 e. The van der Waals surface area contributed by atoms with Gasteiger partial charge in [0.25, 0.3) is 6.20 Å². The van der Waals surface area contributed by atoms with E-state index in [1.54, 1.807) is 17.2 Å². The smallest absolute Gasteiger partial charge is 0.276 e. The van der Waals surface area contributed by atoms with Crippen LogP contribution in [0.15, 0.2) is 35.3 Å². The van der Waals surface area contributed by atoms with E-state index in [-0.39, 0.29) is 0 Å². The molecule has 0 bridgehead atoms. The molecule has 1 aromatic heterocycles. The summed E-state index contributed by atoms with van der Waals surface area (Å²) in [5.74, 6) is -0.258. The Morgan fingerprint density at radius 2 is 2.41 bits per heavy atom. The molecule has 17 heavy (non-hydrogen) atoms. The first-order valence-electron chi connectivity index (χ1n) is 4.88. The van der Waals surface area contributed by atoms with Gasteiger partial charge in [-0.05, 0) is 11.6 Å². The molecule has 0 saturated carbocycles. The van der Waals surface area contributed by atoms with Gasteiger partial charge in [-0.2, -0.15) is 4.39 Å². The lowest BCUT2D eigenvalue weighted by Gasteiger charge is -2.16. The van der Waals surface area contributed by atoms with Crippen LogP contribution in [0.4, 0.5) is 4.39 Å². The molecule has 0 unspecified atom stereocenters. The summed E-state index contributed by atoms with van der Waals surface area (Å²) in [6.07, 6.45) is 3.84. The van der Waals surface area contributed by atoms with Gasteiger partial charge in [-0.3, -0.25) is 10.1 Å². The summed E-state index contributed by atoms with van der Waals surface area (Å²) >= 11 is 0. The molecule has 1 aliphatic heterocycles. The molecule has 0 saturated heterocycles. The minimum atomic E-state index is -0.549. The van der Waals surface area contributed by atoms with E-state index >= 15 is 0 Å². The van der Waals surface area contributed by atoms with Crippen molar-refractivity contribution < 1.29 is 9.31 Å². The predicted octanol–water partition coefficient (Wildman–Crippen LogP) is 1.18. The highest BCUT2D eigenvalue weighted by atomic mass is 19.1. The Kier molecular flexibility index (Phi) is 3.08. The van der Waals surface area contributed by atoms with Crippen molar-refractivity contribution >= 4 is 6.21 Å². The second kappa shape index (κ2) is 4.69. The topological polar surface area (TPSA) is 71.6 Å². The molecule has 6 nitrogen and oxygen atoms in total. The van der Waals surface area contributed by atoms with Crippen LogP contribution in [0.2, 0.25) is 0 Å². The van der Waals surface area contributed by atoms with Crippen molar-refractivity contribution in [3.63, 3.8) is 0 Å². The zero-order chi connectivity index (χ0) is 12.3. The normalized spacial score (nSPS) is 16.8. The van der Waals surface area contributed by atoms with E-state index in [4.69, 9.17) is 0 Å². The van der Waals surface area contributed by atoms with Crippen LogP contribution in [-0.2, 0) is 6.54 Å². The highest BCUT2D eigenvalue weighted by Crippen LogP contribution is 2.15. The van der Waals surface area contributed by atoms with Crippen LogP contribution in [0.5, 0.6) is 0 Å². The van der Waals surface area contributed by atoms with Crippen molar-refractivity contribution in [2.24, 2.45) is 4.99 Å². The second-order valence-corrected chi connectivity index (χ2v) is 3.45. The van der Waals surface area contributed by atoms with Crippen molar-refractivity contribution in [2.45, 2.75) is 6.54 Å². The average Bonchev–Trinajstić information content (AvgIpc) is 2.68. The van der Waals surface area contributed by atoms with Crippen LogP contribution in [-0.4, -0.2) is 27.6 Å². The number of hydrogen-bond donors (Lipinski definition) is 0. The van der Waals surface area contributed by atoms with Crippen molar-refractivity contribution in [2.75, 3.05) is 6.54 Å². The van der Waals surface area contributed by atoms with Crippen LogP contribution in [0.1, 0.15) is 5.56 Å². The molecule has 1 aliphatic rings. The van der Waals surface area contributed by atoms with Crippen molar-refractivity contribution in [1.82, 2.24) is 9.88 Å². The quantitative estimate of drug-likeness (QED) is 0.449. The molecule has 0 radical (unpaired) electrons. The van der Waals surface area contributed by atoms with Gasteiger partial charge in [0.1, 0.15) is 0 Å². The summed E-state index contributed by atoms with van der Waals surface area (Å²) in [6, 6.07) is 2.84. The van der Waals surface area contributed by atoms with Gasteiger partial charge in [-0.1, -0.05) is 6.07 Å². The molecule has 0 aromatic carbocycles. The Balaban J connectivity index is 2.09. The van der Waals surface area contributed by atoms with E-state index in [1.807, 2.05) is 0 Å². The highest BCUT2D eigenvalue weighted by Gasteiger charge is 2.16. The third kappa shape index (κ3) is 2.83. The first-order chi connectivity index (χ1) is 8.15. The summed E-state index contributed by atoms with van der Waals surface area (Å²) in [6.45, 7) is 0.907. The third-order valence-electron chi connectivity index (χ3n) is 2.23. The molecule has 7 heteroatoms. The van der Waals surface area contributed by atoms with Gasteiger partial charge in [-0.25, -0.2) is 9.98 Å². The summed E-state index contributed by atoms with van der Waals surface area (Å²) in [5, 5.41) is 10.4. The van der Waals surface area contributed by atoms with Crippen molar-refractivity contribution in [3.05, 3.63) is 52.0 Å². The maximum atomic E-state index is 12.6. The number of pyridine rings is 1. The van der Waals surface area contributed by atoms with Crippen LogP contribution in [0, 0.1) is 16.1 Å². The molecule has 1 aromatic rings. The molecule has 88 valence electrons. The number of rotatable bonds is 3. The lowest BCUT2D eigenvalue weighted by molar-refractivity contribution is -0.404. The number of nitro groups is 1. The molecule has 0 spiro atoms. The number of aliphatic imine (C=N–C) groups is 1. The molecular formula is C10H9FN4O2. The number of aromatic nitrogens is 1. The molecule has 2 rings (SSSR count). The lowest BCUT2D eigenvalue weighted by atomic mass is 10.2. The third-order valence-corrected chi connectivity index (χ3v) is 2.23. The van der Waals surface area contributed by atoms with Gasteiger partial charge in [0.2, 0.25) is 5.95 Å². The van der Waals surface area contributed by atoms with Gasteiger partial charge >= 0.3 is 0 Å². The molecular weight excluding hydrogens is 227 g/mol. The van der Waals surface area contributed by atoms with Crippen molar-refractivity contribution in [3.8, 4) is 0 Å². The highest BCUT2D eigenvalue weighted by molar-refractivity contribution is 5.64. The zero-order valence-corrected chi connectivity index (χ0v) is 8.78. The number of hydrogen-bond acceptors (Lipinski definition) is 5.